The molecular formula is C54H31N3S. The Labute approximate surface area is 336 Å². The number of aromatic nitrogens is 3. The van der Waals surface area contributed by atoms with Gasteiger partial charge in [0.05, 0.1) is 26.9 Å². The zero-order valence-corrected chi connectivity index (χ0v) is 32.0. The summed E-state index contributed by atoms with van der Waals surface area (Å²) in [6.07, 6.45) is 0. The van der Waals surface area contributed by atoms with Crippen molar-refractivity contribution in [3.63, 3.8) is 0 Å². The molecule has 0 saturated heterocycles. The molecule has 10 aromatic carbocycles. The van der Waals surface area contributed by atoms with Crippen LogP contribution in [0.5, 0.6) is 0 Å². The van der Waals surface area contributed by atoms with Gasteiger partial charge in [0.15, 0.2) is 5.82 Å². The fraction of sp³-hybridized carbons (Fsp3) is 0. The Hall–Kier alpha value is -7.40. The fourth-order valence-electron chi connectivity index (χ4n) is 9.60. The van der Waals surface area contributed by atoms with E-state index in [1.807, 2.05) is 11.3 Å². The topological polar surface area (TPSA) is 30.7 Å². The number of rotatable bonds is 3. The Balaban J connectivity index is 1.08. The van der Waals surface area contributed by atoms with Crippen LogP contribution >= 0.6 is 11.3 Å². The van der Waals surface area contributed by atoms with Crippen molar-refractivity contribution in [2.75, 3.05) is 0 Å². The molecule has 0 amide bonds. The van der Waals surface area contributed by atoms with Crippen molar-refractivity contribution in [3.05, 3.63) is 188 Å². The molecule has 0 bridgehead atoms. The van der Waals surface area contributed by atoms with Crippen LogP contribution in [0.3, 0.4) is 0 Å². The summed E-state index contributed by atoms with van der Waals surface area (Å²) in [7, 11) is 0. The van der Waals surface area contributed by atoms with Gasteiger partial charge in [0.2, 0.25) is 0 Å². The molecule has 0 atom stereocenters. The molecule has 0 fully saturated rings. The Morgan fingerprint density at radius 1 is 0.397 bits per heavy atom. The summed E-state index contributed by atoms with van der Waals surface area (Å²) in [4.78, 5) is 10.8. The van der Waals surface area contributed by atoms with E-state index in [0.29, 0.717) is 5.82 Å². The van der Waals surface area contributed by atoms with Crippen molar-refractivity contribution < 1.29 is 0 Å². The number of hydrogen-bond donors (Lipinski definition) is 0. The Morgan fingerprint density at radius 3 is 1.71 bits per heavy atom. The molecule has 13 rings (SSSR count). The highest BCUT2D eigenvalue weighted by Crippen LogP contribution is 2.49. The standard InChI is InChI=1S/C54H31N3S/c1-2-14-32(15-3-1)50-49-39-20-8-6-18-37(39)38-19-7-11-23-42(38)51(49)56-54(55-50)33-26-28-36(29-27-33)57-45-25-13-12-24-43(45)47-40-21-9-10-22-41(40)48-44-30-34-16-4-5-17-35(34)31-46(44)58-53(48)52(47)57/h1-31H. The third kappa shape index (κ3) is 4.43. The van der Waals surface area contributed by atoms with Gasteiger partial charge in [-0.05, 0) is 80.2 Å². The number of thiophene rings is 1. The van der Waals surface area contributed by atoms with Gasteiger partial charge in [-0.2, -0.15) is 0 Å². The van der Waals surface area contributed by atoms with Gasteiger partial charge in [0.25, 0.3) is 0 Å². The van der Waals surface area contributed by atoms with Crippen LogP contribution < -0.4 is 0 Å². The second-order valence-electron chi connectivity index (χ2n) is 15.2. The van der Waals surface area contributed by atoms with Gasteiger partial charge in [-0.15, -0.1) is 11.3 Å². The van der Waals surface area contributed by atoms with Crippen molar-refractivity contribution in [3.8, 4) is 28.3 Å². The summed E-state index contributed by atoms with van der Waals surface area (Å²) in [6.45, 7) is 0. The minimum absolute atomic E-state index is 0.713. The van der Waals surface area contributed by atoms with Crippen LogP contribution in [0.1, 0.15) is 0 Å². The van der Waals surface area contributed by atoms with Crippen molar-refractivity contribution in [2.24, 2.45) is 0 Å². The minimum Gasteiger partial charge on any atom is -0.308 e. The fourth-order valence-corrected chi connectivity index (χ4v) is 10.9. The lowest BCUT2D eigenvalue weighted by Crippen LogP contribution is -1.98. The number of para-hydroxylation sites is 1. The first kappa shape index (κ1) is 31.8. The van der Waals surface area contributed by atoms with E-state index >= 15 is 0 Å². The summed E-state index contributed by atoms with van der Waals surface area (Å²) in [5, 5.41) is 16.1. The summed E-state index contributed by atoms with van der Waals surface area (Å²) in [5.74, 6) is 0.713. The van der Waals surface area contributed by atoms with Crippen molar-refractivity contribution >= 4 is 107 Å². The van der Waals surface area contributed by atoms with Gasteiger partial charge in [0.1, 0.15) is 0 Å². The molecule has 0 N–H and O–H groups in total. The van der Waals surface area contributed by atoms with Crippen LogP contribution in [0.2, 0.25) is 0 Å². The van der Waals surface area contributed by atoms with Crippen molar-refractivity contribution in [1.82, 2.24) is 14.5 Å². The average Bonchev–Trinajstić information content (AvgIpc) is 3.84. The summed E-state index contributed by atoms with van der Waals surface area (Å²) in [6, 6.07) is 68.0. The lowest BCUT2D eigenvalue weighted by molar-refractivity contribution is 1.18. The van der Waals surface area contributed by atoms with E-state index in [1.165, 1.54) is 74.3 Å². The van der Waals surface area contributed by atoms with E-state index in [1.54, 1.807) is 0 Å². The summed E-state index contributed by atoms with van der Waals surface area (Å²) >= 11 is 1.91. The maximum absolute atomic E-state index is 5.41. The van der Waals surface area contributed by atoms with Gasteiger partial charge in [-0.3, -0.25) is 0 Å². The van der Waals surface area contributed by atoms with E-state index in [-0.39, 0.29) is 0 Å². The van der Waals surface area contributed by atoms with Gasteiger partial charge < -0.3 is 4.57 Å². The molecule has 268 valence electrons. The minimum atomic E-state index is 0.713. The maximum atomic E-state index is 5.41. The zero-order chi connectivity index (χ0) is 37.9. The molecule has 13 aromatic rings. The first-order chi connectivity index (χ1) is 28.8. The highest BCUT2D eigenvalue weighted by atomic mass is 32.1. The van der Waals surface area contributed by atoms with E-state index in [9.17, 15) is 0 Å². The predicted octanol–water partition coefficient (Wildman–Crippen LogP) is 15.0. The summed E-state index contributed by atoms with van der Waals surface area (Å²) in [5.41, 5.74) is 7.51. The van der Waals surface area contributed by atoms with E-state index < -0.39 is 0 Å². The smallest absolute Gasteiger partial charge is 0.160 e. The monoisotopic (exact) mass is 753 g/mol. The molecule has 0 radical (unpaired) electrons. The largest absolute Gasteiger partial charge is 0.308 e. The number of nitrogens with zero attached hydrogens (tertiary/aromatic N) is 3. The van der Waals surface area contributed by atoms with Gasteiger partial charge in [-0.25, -0.2) is 9.97 Å². The Morgan fingerprint density at radius 2 is 0.966 bits per heavy atom. The second-order valence-corrected chi connectivity index (χ2v) is 16.3. The predicted molar refractivity (Wildman–Crippen MR) is 248 cm³/mol. The molecule has 0 spiro atoms. The Bertz CT molecular complexity index is 3840. The molecule has 0 aliphatic heterocycles. The third-order valence-electron chi connectivity index (χ3n) is 12.1. The highest BCUT2D eigenvalue weighted by molar-refractivity contribution is 7.27. The summed E-state index contributed by atoms with van der Waals surface area (Å²) < 4.78 is 5.10. The quantitative estimate of drug-likeness (QED) is 0.168. The zero-order valence-electron chi connectivity index (χ0n) is 31.1. The van der Waals surface area contributed by atoms with Gasteiger partial charge in [0, 0.05) is 53.8 Å². The van der Waals surface area contributed by atoms with E-state index in [2.05, 4.69) is 193 Å². The van der Waals surface area contributed by atoms with Crippen molar-refractivity contribution in [1.29, 1.82) is 0 Å². The van der Waals surface area contributed by atoms with Crippen LogP contribution in [0.25, 0.3) is 124 Å². The molecule has 0 aliphatic carbocycles. The average molecular weight is 754 g/mol. The lowest BCUT2D eigenvalue weighted by atomic mass is 9.94. The van der Waals surface area contributed by atoms with E-state index in [0.717, 1.165) is 44.2 Å². The molecule has 4 heteroatoms. The SMILES string of the molecule is c1ccc(-c2nc(-c3ccc(-n4c5ccccc5c5c6ccccc6c6c7cc8ccccc8cc7sc6c54)cc3)nc3c4ccccc4c4ccccc4c23)cc1. The van der Waals surface area contributed by atoms with Gasteiger partial charge >= 0.3 is 0 Å². The van der Waals surface area contributed by atoms with Crippen LogP contribution in [-0.4, -0.2) is 14.5 Å². The molecule has 3 nitrogen and oxygen atoms in total. The maximum Gasteiger partial charge on any atom is 0.160 e. The molecule has 0 unspecified atom stereocenters. The highest BCUT2D eigenvalue weighted by Gasteiger charge is 2.23. The Kier molecular flexibility index (Phi) is 6.60. The number of hydrogen-bond acceptors (Lipinski definition) is 3. The number of benzene rings is 10. The van der Waals surface area contributed by atoms with Crippen LogP contribution in [0.15, 0.2) is 188 Å². The van der Waals surface area contributed by atoms with Crippen molar-refractivity contribution in [2.45, 2.75) is 0 Å². The molecule has 0 aliphatic rings. The molecule has 3 heterocycles. The first-order valence-corrected chi connectivity index (χ1v) is 20.6. The van der Waals surface area contributed by atoms with E-state index in [4.69, 9.17) is 9.97 Å². The normalized spacial score (nSPS) is 12.1. The van der Waals surface area contributed by atoms with Crippen LogP contribution in [0.4, 0.5) is 0 Å². The lowest BCUT2D eigenvalue weighted by Gasteiger charge is -2.15. The van der Waals surface area contributed by atoms with Gasteiger partial charge in [-0.1, -0.05) is 146 Å². The molecule has 3 aromatic heterocycles. The third-order valence-corrected chi connectivity index (χ3v) is 13.3. The first-order valence-electron chi connectivity index (χ1n) is 19.7. The number of fused-ring (bicyclic) bond motifs is 17. The molecule has 0 saturated carbocycles. The molecule has 58 heavy (non-hydrogen) atoms. The second kappa shape index (κ2) is 12.1. The van der Waals surface area contributed by atoms with Crippen LogP contribution in [0, 0.1) is 0 Å². The van der Waals surface area contributed by atoms with Crippen LogP contribution in [-0.2, 0) is 0 Å². The molecular weight excluding hydrogens is 723 g/mol.